The number of aryl methyl sites for hydroxylation is 1. The molecule has 0 aromatic heterocycles. The van der Waals surface area contributed by atoms with Crippen LogP contribution in [0.3, 0.4) is 0 Å². The molecule has 5 heteroatoms. The largest absolute Gasteiger partial charge is 0.493 e. The molecule has 0 fully saturated rings. The van der Waals surface area contributed by atoms with E-state index in [1.807, 2.05) is 49.4 Å². The molecule has 0 aliphatic heterocycles. The van der Waals surface area contributed by atoms with Gasteiger partial charge in [-0.2, -0.15) is 0 Å². The monoisotopic (exact) mass is 328 g/mol. The van der Waals surface area contributed by atoms with Crippen molar-refractivity contribution in [1.82, 2.24) is 0 Å². The van der Waals surface area contributed by atoms with Crippen LogP contribution in [0, 0.1) is 6.92 Å². The van der Waals surface area contributed by atoms with Crippen LogP contribution in [0.4, 0.5) is 5.69 Å². The zero-order valence-corrected chi connectivity index (χ0v) is 14.1. The van der Waals surface area contributed by atoms with Gasteiger partial charge in [0.25, 0.3) is 0 Å². The first-order valence-corrected chi connectivity index (χ1v) is 7.95. The molecule has 2 aromatic rings. The van der Waals surface area contributed by atoms with E-state index in [1.54, 1.807) is 13.2 Å². The predicted molar refractivity (Wildman–Crippen MR) is 95.2 cm³/mol. The van der Waals surface area contributed by atoms with Gasteiger partial charge in [-0.15, -0.1) is 0 Å². The second-order valence-electron chi connectivity index (χ2n) is 5.60. The lowest BCUT2D eigenvalue weighted by Gasteiger charge is -2.14. The molecule has 2 rings (SSSR count). The Kier molecular flexibility index (Phi) is 6.78. The van der Waals surface area contributed by atoms with Crippen LogP contribution in [0.2, 0.25) is 0 Å². The molecule has 3 N–H and O–H groups in total. The molecule has 0 radical (unpaired) electrons. The van der Waals surface area contributed by atoms with E-state index in [0.717, 1.165) is 17.5 Å². The Bertz CT molecular complexity index is 656. The lowest BCUT2D eigenvalue weighted by atomic mass is 10.1. The van der Waals surface area contributed by atoms with Crippen molar-refractivity contribution in [2.75, 3.05) is 25.6 Å². The lowest BCUT2D eigenvalue weighted by Crippen LogP contribution is -2.27. The highest BCUT2D eigenvalue weighted by atomic mass is 16.5. The summed E-state index contributed by atoms with van der Waals surface area (Å²) in [6.45, 7) is 3.21. The fourth-order valence-corrected chi connectivity index (χ4v) is 2.20. The van der Waals surface area contributed by atoms with Gasteiger partial charge in [-0.05, 0) is 24.6 Å². The summed E-state index contributed by atoms with van der Waals surface area (Å²) in [5, 5.41) is 2.83. The standard InChI is InChI=1S/C19H24N2O3/c1-14-7-9-15(10-8-14)18(20)19(22)21-16-5-3-6-17(13-16)24-12-4-11-23-2/h3,5-10,13,18H,4,11-12,20H2,1-2H3,(H,21,22). The van der Waals surface area contributed by atoms with Crippen LogP contribution in [0.5, 0.6) is 5.75 Å². The van der Waals surface area contributed by atoms with Crippen LogP contribution in [-0.2, 0) is 9.53 Å². The minimum absolute atomic E-state index is 0.254. The van der Waals surface area contributed by atoms with E-state index < -0.39 is 6.04 Å². The van der Waals surface area contributed by atoms with E-state index >= 15 is 0 Å². The number of nitrogens with one attached hydrogen (secondary N) is 1. The Morgan fingerprint density at radius 3 is 2.62 bits per heavy atom. The summed E-state index contributed by atoms with van der Waals surface area (Å²) in [5.74, 6) is 0.447. The average Bonchev–Trinajstić information content (AvgIpc) is 2.59. The number of benzene rings is 2. The van der Waals surface area contributed by atoms with E-state index in [4.69, 9.17) is 15.2 Å². The number of nitrogens with two attached hydrogens (primary N) is 1. The van der Waals surface area contributed by atoms with Gasteiger partial charge in [0.2, 0.25) is 5.91 Å². The second-order valence-corrected chi connectivity index (χ2v) is 5.60. The molecule has 0 saturated heterocycles. The first-order chi connectivity index (χ1) is 11.6. The highest BCUT2D eigenvalue weighted by Crippen LogP contribution is 2.19. The normalized spacial score (nSPS) is 11.8. The molecule has 1 amide bonds. The Hall–Kier alpha value is -2.37. The summed E-state index contributed by atoms with van der Waals surface area (Å²) in [7, 11) is 1.66. The van der Waals surface area contributed by atoms with Crippen molar-refractivity contribution in [2.24, 2.45) is 5.73 Å². The quantitative estimate of drug-likeness (QED) is 0.731. The number of amides is 1. The van der Waals surface area contributed by atoms with E-state index in [0.29, 0.717) is 24.7 Å². The van der Waals surface area contributed by atoms with E-state index in [1.165, 1.54) is 0 Å². The van der Waals surface area contributed by atoms with E-state index in [9.17, 15) is 4.79 Å². The number of rotatable bonds is 8. The molecule has 0 aliphatic carbocycles. The second kappa shape index (κ2) is 9.05. The van der Waals surface area contributed by atoms with Gasteiger partial charge in [-0.25, -0.2) is 0 Å². The molecular formula is C19H24N2O3. The maximum Gasteiger partial charge on any atom is 0.245 e. The van der Waals surface area contributed by atoms with Crippen LogP contribution in [0.25, 0.3) is 0 Å². The first-order valence-electron chi connectivity index (χ1n) is 7.95. The number of carbonyl (C=O) groups excluding carboxylic acids is 1. The first kappa shape index (κ1) is 18.0. The summed E-state index contributed by atoms with van der Waals surface area (Å²) in [4.78, 5) is 12.3. The van der Waals surface area contributed by atoms with Gasteiger partial charge in [-0.1, -0.05) is 35.9 Å². The van der Waals surface area contributed by atoms with Gasteiger partial charge >= 0.3 is 0 Å². The summed E-state index contributed by atoms with van der Waals surface area (Å²) in [5.41, 5.74) is 8.60. The van der Waals surface area contributed by atoms with Crippen molar-refractivity contribution in [3.63, 3.8) is 0 Å². The fourth-order valence-electron chi connectivity index (χ4n) is 2.20. The molecule has 1 unspecified atom stereocenters. The molecule has 5 nitrogen and oxygen atoms in total. The maximum absolute atomic E-state index is 12.3. The van der Waals surface area contributed by atoms with E-state index in [2.05, 4.69) is 5.32 Å². The number of anilines is 1. The van der Waals surface area contributed by atoms with Gasteiger partial charge < -0.3 is 20.5 Å². The minimum atomic E-state index is -0.711. The van der Waals surface area contributed by atoms with Crippen molar-refractivity contribution in [2.45, 2.75) is 19.4 Å². The van der Waals surface area contributed by atoms with Gasteiger partial charge in [-0.3, -0.25) is 4.79 Å². The van der Waals surface area contributed by atoms with Gasteiger partial charge in [0.05, 0.1) is 6.61 Å². The predicted octanol–water partition coefficient (Wildman–Crippen LogP) is 3.05. The lowest BCUT2D eigenvalue weighted by molar-refractivity contribution is -0.117. The smallest absolute Gasteiger partial charge is 0.245 e. The Balaban J connectivity index is 1.94. The molecular weight excluding hydrogens is 304 g/mol. The summed E-state index contributed by atoms with van der Waals surface area (Å²) in [6, 6.07) is 14.2. The third-order valence-electron chi connectivity index (χ3n) is 3.58. The van der Waals surface area contributed by atoms with Crippen LogP contribution in [0.15, 0.2) is 48.5 Å². The third kappa shape index (κ3) is 5.37. The van der Waals surface area contributed by atoms with Crippen molar-refractivity contribution in [3.05, 3.63) is 59.7 Å². The molecule has 0 bridgehead atoms. The molecule has 1 atom stereocenters. The maximum atomic E-state index is 12.3. The Labute approximate surface area is 142 Å². The van der Waals surface area contributed by atoms with Crippen LogP contribution in [0.1, 0.15) is 23.6 Å². The number of methoxy groups -OCH3 is 1. The van der Waals surface area contributed by atoms with Crippen LogP contribution >= 0.6 is 0 Å². The van der Waals surface area contributed by atoms with Gasteiger partial charge in [0, 0.05) is 31.9 Å². The zero-order chi connectivity index (χ0) is 17.4. The minimum Gasteiger partial charge on any atom is -0.493 e. The zero-order valence-electron chi connectivity index (χ0n) is 14.1. The van der Waals surface area contributed by atoms with Crippen LogP contribution < -0.4 is 15.8 Å². The number of ether oxygens (including phenoxy) is 2. The molecule has 0 heterocycles. The molecule has 2 aromatic carbocycles. The van der Waals surface area contributed by atoms with Crippen molar-refractivity contribution < 1.29 is 14.3 Å². The van der Waals surface area contributed by atoms with Gasteiger partial charge in [0.15, 0.2) is 0 Å². The summed E-state index contributed by atoms with van der Waals surface area (Å²) in [6.07, 6.45) is 0.811. The average molecular weight is 328 g/mol. The molecule has 0 aliphatic rings. The molecule has 0 spiro atoms. The van der Waals surface area contributed by atoms with Gasteiger partial charge in [0.1, 0.15) is 11.8 Å². The van der Waals surface area contributed by atoms with Crippen molar-refractivity contribution in [1.29, 1.82) is 0 Å². The number of carbonyl (C=O) groups is 1. The third-order valence-corrected chi connectivity index (χ3v) is 3.58. The Morgan fingerprint density at radius 1 is 1.17 bits per heavy atom. The molecule has 128 valence electrons. The molecule has 0 saturated carbocycles. The van der Waals surface area contributed by atoms with E-state index in [-0.39, 0.29) is 5.91 Å². The van der Waals surface area contributed by atoms with Crippen LogP contribution in [-0.4, -0.2) is 26.2 Å². The van der Waals surface area contributed by atoms with Crippen molar-refractivity contribution in [3.8, 4) is 5.75 Å². The highest BCUT2D eigenvalue weighted by Gasteiger charge is 2.15. The summed E-state index contributed by atoms with van der Waals surface area (Å²) >= 11 is 0. The number of hydrogen-bond donors (Lipinski definition) is 2. The number of hydrogen-bond acceptors (Lipinski definition) is 4. The fraction of sp³-hybridized carbons (Fsp3) is 0.316. The summed E-state index contributed by atoms with van der Waals surface area (Å²) < 4.78 is 10.6. The molecule has 24 heavy (non-hydrogen) atoms. The topological polar surface area (TPSA) is 73.6 Å². The van der Waals surface area contributed by atoms with Crippen molar-refractivity contribution >= 4 is 11.6 Å². The Morgan fingerprint density at radius 2 is 1.92 bits per heavy atom. The SMILES string of the molecule is COCCCOc1cccc(NC(=O)C(N)c2ccc(C)cc2)c1. The highest BCUT2D eigenvalue weighted by molar-refractivity contribution is 5.95.